The average Bonchev–Trinajstić information content (AvgIpc) is 2.49. The first-order valence-corrected chi connectivity index (χ1v) is 5.48. The van der Waals surface area contributed by atoms with E-state index in [9.17, 15) is 0 Å². The molecule has 1 aromatic carbocycles. The Kier molecular flexibility index (Phi) is 2.61. The summed E-state index contributed by atoms with van der Waals surface area (Å²) in [5.41, 5.74) is 8.27. The molecule has 0 aliphatic rings. The standard InChI is InChI=1S/C11H13BrN2/c1-7(13)5-8-3-2-4-9-10(12)6-14-11(8)9/h2-4,6-7,14H,5,13H2,1H3. The molecule has 1 atom stereocenters. The molecule has 1 heterocycles. The van der Waals surface area contributed by atoms with E-state index < -0.39 is 0 Å². The molecule has 3 N–H and O–H groups in total. The summed E-state index contributed by atoms with van der Waals surface area (Å²) < 4.78 is 1.11. The number of fused-ring (bicyclic) bond motifs is 1. The lowest BCUT2D eigenvalue weighted by Crippen LogP contribution is -2.17. The largest absolute Gasteiger partial charge is 0.360 e. The monoisotopic (exact) mass is 252 g/mol. The number of hydrogen-bond acceptors (Lipinski definition) is 1. The Labute approximate surface area is 91.6 Å². The number of nitrogens with two attached hydrogens (primary N) is 1. The van der Waals surface area contributed by atoms with Crippen LogP contribution in [0.3, 0.4) is 0 Å². The fraction of sp³-hybridized carbons (Fsp3) is 0.273. The molecule has 0 spiro atoms. The number of benzene rings is 1. The van der Waals surface area contributed by atoms with Gasteiger partial charge in [0.1, 0.15) is 0 Å². The fourth-order valence-electron chi connectivity index (χ4n) is 1.70. The molecule has 14 heavy (non-hydrogen) atoms. The molecule has 0 aliphatic heterocycles. The lowest BCUT2D eigenvalue weighted by atomic mass is 10.1. The Morgan fingerprint density at radius 3 is 3.00 bits per heavy atom. The number of H-pyrrole nitrogens is 1. The van der Waals surface area contributed by atoms with Crippen LogP contribution in [0.5, 0.6) is 0 Å². The van der Waals surface area contributed by atoms with E-state index in [4.69, 9.17) is 5.73 Å². The van der Waals surface area contributed by atoms with Gasteiger partial charge in [-0.15, -0.1) is 0 Å². The maximum atomic E-state index is 5.80. The van der Waals surface area contributed by atoms with Crippen molar-refractivity contribution in [1.82, 2.24) is 4.98 Å². The van der Waals surface area contributed by atoms with Crippen molar-refractivity contribution in [3.05, 3.63) is 34.4 Å². The van der Waals surface area contributed by atoms with Crippen LogP contribution in [0.4, 0.5) is 0 Å². The fourth-order valence-corrected chi connectivity index (χ4v) is 2.14. The van der Waals surface area contributed by atoms with Gasteiger partial charge in [0.2, 0.25) is 0 Å². The normalized spacial score (nSPS) is 13.4. The van der Waals surface area contributed by atoms with Crippen LogP contribution < -0.4 is 5.73 Å². The molecule has 2 nitrogen and oxygen atoms in total. The van der Waals surface area contributed by atoms with Gasteiger partial charge >= 0.3 is 0 Å². The smallest absolute Gasteiger partial charge is 0.0498 e. The molecule has 0 saturated heterocycles. The SMILES string of the molecule is CC(N)Cc1cccc2c(Br)c[nH]c12. The zero-order chi connectivity index (χ0) is 10.1. The predicted molar refractivity (Wildman–Crippen MR) is 63.4 cm³/mol. The Morgan fingerprint density at radius 2 is 2.29 bits per heavy atom. The van der Waals surface area contributed by atoms with Crippen molar-refractivity contribution in [2.75, 3.05) is 0 Å². The first-order chi connectivity index (χ1) is 6.68. The molecule has 0 aliphatic carbocycles. The molecule has 0 saturated carbocycles. The third-order valence-electron chi connectivity index (χ3n) is 2.29. The van der Waals surface area contributed by atoms with E-state index in [1.807, 2.05) is 13.1 Å². The minimum Gasteiger partial charge on any atom is -0.360 e. The van der Waals surface area contributed by atoms with Crippen LogP contribution in [0.25, 0.3) is 10.9 Å². The van der Waals surface area contributed by atoms with Gasteiger partial charge in [-0.1, -0.05) is 18.2 Å². The highest BCUT2D eigenvalue weighted by molar-refractivity contribution is 9.10. The van der Waals surface area contributed by atoms with Gasteiger partial charge in [-0.2, -0.15) is 0 Å². The van der Waals surface area contributed by atoms with Gasteiger partial charge in [-0.05, 0) is 34.8 Å². The topological polar surface area (TPSA) is 41.8 Å². The third kappa shape index (κ3) is 1.70. The second kappa shape index (κ2) is 3.75. The van der Waals surface area contributed by atoms with Crippen LogP contribution in [0.2, 0.25) is 0 Å². The van der Waals surface area contributed by atoms with Gasteiger partial charge in [0, 0.05) is 27.6 Å². The van der Waals surface area contributed by atoms with Gasteiger partial charge in [0.05, 0.1) is 0 Å². The lowest BCUT2D eigenvalue weighted by molar-refractivity contribution is 0.741. The third-order valence-corrected chi connectivity index (χ3v) is 2.95. The highest BCUT2D eigenvalue weighted by Crippen LogP contribution is 2.26. The molecule has 74 valence electrons. The summed E-state index contributed by atoms with van der Waals surface area (Å²) in [4.78, 5) is 3.26. The van der Waals surface area contributed by atoms with E-state index in [0.717, 1.165) is 10.9 Å². The number of hydrogen-bond donors (Lipinski definition) is 2. The predicted octanol–water partition coefficient (Wildman–Crippen LogP) is 2.82. The van der Waals surface area contributed by atoms with Gasteiger partial charge in [-0.3, -0.25) is 0 Å². The maximum absolute atomic E-state index is 5.80. The molecule has 0 fully saturated rings. The van der Waals surface area contributed by atoms with E-state index in [1.165, 1.54) is 16.5 Å². The molecule has 0 amide bonds. The first kappa shape index (κ1) is 9.74. The summed E-state index contributed by atoms with van der Waals surface area (Å²) in [6.45, 7) is 2.02. The van der Waals surface area contributed by atoms with E-state index in [2.05, 4.69) is 39.1 Å². The zero-order valence-electron chi connectivity index (χ0n) is 8.05. The number of aromatic nitrogens is 1. The van der Waals surface area contributed by atoms with Crippen LogP contribution in [-0.2, 0) is 6.42 Å². The molecular formula is C11H13BrN2. The van der Waals surface area contributed by atoms with E-state index in [0.29, 0.717) is 0 Å². The first-order valence-electron chi connectivity index (χ1n) is 4.68. The summed E-state index contributed by atoms with van der Waals surface area (Å²) in [7, 11) is 0. The molecule has 0 radical (unpaired) electrons. The van der Waals surface area contributed by atoms with Crippen molar-refractivity contribution in [1.29, 1.82) is 0 Å². The van der Waals surface area contributed by atoms with Crippen molar-refractivity contribution < 1.29 is 0 Å². The highest BCUT2D eigenvalue weighted by atomic mass is 79.9. The van der Waals surface area contributed by atoms with E-state index >= 15 is 0 Å². The van der Waals surface area contributed by atoms with Crippen molar-refractivity contribution >= 4 is 26.8 Å². The lowest BCUT2D eigenvalue weighted by Gasteiger charge is -2.06. The van der Waals surface area contributed by atoms with Gasteiger partial charge in [0.15, 0.2) is 0 Å². The second-order valence-electron chi connectivity index (χ2n) is 3.66. The van der Waals surface area contributed by atoms with Crippen LogP contribution in [-0.4, -0.2) is 11.0 Å². The van der Waals surface area contributed by atoms with Crippen LogP contribution in [0, 0.1) is 0 Å². The summed E-state index contributed by atoms with van der Waals surface area (Å²) in [5, 5.41) is 1.23. The van der Waals surface area contributed by atoms with Crippen LogP contribution in [0.15, 0.2) is 28.9 Å². The van der Waals surface area contributed by atoms with Gasteiger partial charge in [0.25, 0.3) is 0 Å². The average molecular weight is 253 g/mol. The van der Waals surface area contributed by atoms with Crippen molar-refractivity contribution in [3.8, 4) is 0 Å². The highest BCUT2D eigenvalue weighted by Gasteiger charge is 2.06. The number of halogens is 1. The number of aromatic amines is 1. The molecule has 2 rings (SSSR count). The van der Waals surface area contributed by atoms with Crippen LogP contribution in [0.1, 0.15) is 12.5 Å². The second-order valence-corrected chi connectivity index (χ2v) is 4.51. The Bertz CT molecular complexity index is 445. The number of para-hydroxylation sites is 1. The summed E-state index contributed by atoms with van der Waals surface area (Å²) >= 11 is 3.50. The number of rotatable bonds is 2. The minimum atomic E-state index is 0.197. The summed E-state index contributed by atoms with van der Waals surface area (Å²) in [5.74, 6) is 0. The maximum Gasteiger partial charge on any atom is 0.0498 e. The summed E-state index contributed by atoms with van der Waals surface area (Å²) in [6.07, 6.45) is 2.87. The number of nitrogens with one attached hydrogen (secondary N) is 1. The quantitative estimate of drug-likeness (QED) is 0.849. The summed E-state index contributed by atoms with van der Waals surface area (Å²) in [6, 6.07) is 6.48. The molecule has 0 bridgehead atoms. The Balaban J connectivity index is 2.54. The van der Waals surface area contributed by atoms with Crippen LogP contribution >= 0.6 is 15.9 Å². The van der Waals surface area contributed by atoms with Crippen molar-refractivity contribution in [2.45, 2.75) is 19.4 Å². The zero-order valence-corrected chi connectivity index (χ0v) is 9.64. The molecule has 1 aromatic heterocycles. The van der Waals surface area contributed by atoms with Gasteiger partial charge in [-0.25, -0.2) is 0 Å². The molecule has 1 unspecified atom stereocenters. The Morgan fingerprint density at radius 1 is 1.50 bits per heavy atom. The molecular weight excluding hydrogens is 240 g/mol. The van der Waals surface area contributed by atoms with E-state index in [-0.39, 0.29) is 6.04 Å². The van der Waals surface area contributed by atoms with Crippen molar-refractivity contribution in [3.63, 3.8) is 0 Å². The van der Waals surface area contributed by atoms with Crippen molar-refractivity contribution in [2.24, 2.45) is 5.73 Å². The minimum absolute atomic E-state index is 0.197. The molecule has 2 aromatic rings. The molecule has 3 heteroatoms. The Hall–Kier alpha value is -0.800. The van der Waals surface area contributed by atoms with Gasteiger partial charge < -0.3 is 10.7 Å². The van der Waals surface area contributed by atoms with E-state index in [1.54, 1.807) is 0 Å².